The van der Waals surface area contributed by atoms with E-state index in [0.29, 0.717) is 15.6 Å². The van der Waals surface area contributed by atoms with Gasteiger partial charge in [-0.15, -0.1) is 0 Å². The van der Waals surface area contributed by atoms with E-state index in [1.54, 1.807) is 12.1 Å². The van der Waals surface area contributed by atoms with Crippen LogP contribution in [-0.4, -0.2) is 49.7 Å². The van der Waals surface area contributed by atoms with Crippen molar-refractivity contribution >= 4 is 67.9 Å². The topological polar surface area (TPSA) is 101 Å². The molecule has 3 rings (SSSR count). The molecule has 0 aliphatic carbocycles. The third kappa shape index (κ3) is 5.68. The Bertz CT molecular complexity index is 1210. The normalized spacial score (nSPS) is 15.6. The molecule has 1 aliphatic heterocycles. The predicted octanol–water partition coefficient (Wildman–Crippen LogP) is 3.86. The Kier molecular flexibility index (Phi) is 7.10. The van der Waals surface area contributed by atoms with Crippen LogP contribution >= 0.6 is 35.0 Å². The zero-order chi connectivity index (χ0) is 22.8. The van der Waals surface area contributed by atoms with E-state index in [1.807, 2.05) is 0 Å². The molecule has 162 valence electrons. The van der Waals surface area contributed by atoms with E-state index in [0.717, 1.165) is 22.9 Å². The van der Waals surface area contributed by atoms with Crippen molar-refractivity contribution in [2.24, 2.45) is 0 Å². The molecule has 0 saturated carbocycles. The van der Waals surface area contributed by atoms with Crippen molar-refractivity contribution in [1.29, 1.82) is 0 Å². The van der Waals surface area contributed by atoms with Gasteiger partial charge in [0.25, 0.3) is 17.1 Å². The number of nitrogens with zero attached hydrogens (tertiary/aromatic N) is 1. The molecule has 3 amide bonds. The summed E-state index contributed by atoms with van der Waals surface area (Å²) in [5, 5.41) is 2.92. The van der Waals surface area contributed by atoms with Gasteiger partial charge in [0.15, 0.2) is 9.84 Å². The highest BCUT2D eigenvalue weighted by Gasteiger charge is 2.34. The van der Waals surface area contributed by atoms with Crippen LogP contribution in [0.25, 0.3) is 6.08 Å². The van der Waals surface area contributed by atoms with Crippen LogP contribution in [0.2, 0.25) is 10.0 Å². The fourth-order valence-electron chi connectivity index (χ4n) is 2.70. The lowest BCUT2D eigenvalue weighted by atomic mass is 10.2. The molecule has 1 fully saturated rings. The predicted molar refractivity (Wildman–Crippen MR) is 121 cm³/mol. The molecule has 0 aromatic heterocycles. The number of hydrogen-bond donors (Lipinski definition) is 1. The van der Waals surface area contributed by atoms with E-state index < -0.39 is 26.9 Å². The highest BCUT2D eigenvalue weighted by atomic mass is 35.5. The van der Waals surface area contributed by atoms with Gasteiger partial charge in [-0.25, -0.2) is 8.42 Å². The lowest BCUT2D eigenvalue weighted by Gasteiger charge is -2.13. The summed E-state index contributed by atoms with van der Waals surface area (Å²) in [6.07, 6.45) is 2.56. The van der Waals surface area contributed by atoms with Crippen molar-refractivity contribution in [2.45, 2.75) is 4.90 Å². The molecule has 0 radical (unpaired) electrons. The van der Waals surface area contributed by atoms with Gasteiger partial charge in [0.1, 0.15) is 0 Å². The molecule has 2 aromatic carbocycles. The highest BCUT2D eigenvalue weighted by molar-refractivity contribution is 8.18. The summed E-state index contributed by atoms with van der Waals surface area (Å²) in [6.45, 7) is -0.0250. The molecule has 0 unspecified atom stereocenters. The van der Waals surface area contributed by atoms with Gasteiger partial charge in [0.05, 0.1) is 9.80 Å². The average molecular weight is 499 g/mol. The quantitative estimate of drug-likeness (QED) is 0.606. The second kappa shape index (κ2) is 9.44. The molecule has 7 nitrogen and oxygen atoms in total. The summed E-state index contributed by atoms with van der Waals surface area (Å²) >= 11 is 12.8. The largest absolute Gasteiger partial charge is 0.350 e. The van der Waals surface area contributed by atoms with Gasteiger partial charge < -0.3 is 5.32 Å². The van der Waals surface area contributed by atoms with Crippen molar-refractivity contribution in [3.63, 3.8) is 0 Å². The van der Waals surface area contributed by atoms with Crippen LogP contribution in [0.15, 0.2) is 52.3 Å². The van der Waals surface area contributed by atoms with Crippen LogP contribution in [-0.2, 0) is 14.6 Å². The number of carbonyl (C=O) groups is 3. The van der Waals surface area contributed by atoms with E-state index in [4.69, 9.17) is 23.2 Å². The number of sulfone groups is 1. The van der Waals surface area contributed by atoms with Gasteiger partial charge >= 0.3 is 0 Å². The number of benzene rings is 2. The van der Waals surface area contributed by atoms with Crippen molar-refractivity contribution in [2.75, 3.05) is 19.3 Å². The molecule has 1 N–H and O–H groups in total. The Balaban J connectivity index is 1.63. The molecule has 31 heavy (non-hydrogen) atoms. The van der Waals surface area contributed by atoms with Gasteiger partial charge in [-0.2, -0.15) is 0 Å². The van der Waals surface area contributed by atoms with Gasteiger partial charge in [0.2, 0.25) is 0 Å². The Morgan fingerprint density at radius 1 is 1.16 bits per heavy atom. The Labute approximate surface area is 193 Å². The number of imide groups is 1. The summed E-state index contributed by atoms with van der Waals surface area (Å²) in [7, 11) is -3.45. The number of carbonyl (C=O) groups excluding carboxylic acids is 3. The Morgan fingerprint density at radius 3 is 2.58 bits per heavy atom. The van der Waals surface area contributed by atoms with E-state index >= 15 is 0 Å². The first-order chi connectivity index (χ1) is 14.6. The van der Waals surface area contributed by atoms with Gasteiger partial charge in [-0.05, 0) is 53.7 Å². The number of nitrogens with one attached hydrogen (secondary N) is 1. The third-order valence-electron chi connectivity index (χ3n) is 4.27. The summed E-state index contributed by atoms with van der Waals surface area (Å²) in [5.41, 5.74) is 0.713. The molecule has 2 aromatic rings. The van der Waals surface area contributed by atoms with Crippen LogP contribution in [0, 0.1) is 0 Å². The minimum absolute atomic E-state index is 0.00889. The van der Waals surface area contributed by atoms with Gasteiger partial charge in [-0.1, -0.05) is 35.3 Å². The van der Waals surface area contributed by atoms with Gasteiger partial charge in [0, 0.05) is 35.0 Å². The highest BCUT2D eigenvalue weighted by Crippen LogP contribution is 2.33. The molecule has 0 spiro atoms. The maximum Gasteiger partial charge on any atom is 0.293 e. The Hall–Kier alpha value is -2.33. The lowest BCUT2D eigenvalue weighted by molar-refractivity contribution is -0.122. The SMILES string of the molecule is CS(=O)(=O)c1cccc(C(=O)NCCN2C(=O)S/C(=C\c3ccc(Cl)cc3Cl)C2=O)c1. The number of rotatable bonds is 6. The molecule has 0 atom stereocenters. The monoisotopic (exact) mass is 498 g/mol. The second-order valence-corrected chi connectivity index (χ2v) is 10.4. The average Bonchev–Trinajstić information content (AvgIpc) is 2.97. The second-order valence-electron chi connectivity index (χ2n) is 6.56. The van der Waals surface area contributed by atoms with Crippen LogP contribution in [0.5, 0.6) is 0 Å². The van der Waals surface area contributed by atoms with Crippen LogP contribution < -0.4 is 5.32 Å². The third-order valence-corrected chi connectivity index (χ3v) is 6.85. The molecular formula is C20H16Cl2N2O5S2. The number of thioether (sulfide) groups is 1. The first-order valence-corrected chi connectivity index (χ1v) is 12.3. The van der Waals surface area contributed by atoms with E-state index in [2.05, 4.69) is 5.32 Å². The van der Waals surface area contributed by atoms with Crippen molar-refractivity contribution < 1.29 is 22.8 Å². The number of halogens is 2. The fourth-order valence-corrected chi connectivity index (χ4v) is 4.69. The zero-order valence-electron chi connectivity index (χ0n) is 16.1. The van der Waals surface area contributed by atoms with Gasteiger partial charge in [-0.3, -0.25) is 19.3 Å². The lowest BCUT2D eigenvalue weighted by Crippen LogP contribution is -2.37. The summed E-state index contributed by atoms with van der Waals surface area (Å²) in [6, 6.07) is 10.4. The van der Waals surface area contributed by atoms with E-state index in [1.165, 1.54) is 36.4 Å². The zero-order valence-corrected chi connectivity index (χ0v) is 19.2. The maximum atomic E-state index is 12.6. The molecule has 0 bridgehead atoms. The smallest absolute Gasteiger partial charge is 0.293 e. The van der Waals surface area contributed by atoms with Crippen molar-refractivity contribution in [1.82, 2.24) is 10.2 Å². The minimum Gasteiger partial charge on any atom is -0.350 e. The number of amides is 3. The first kappa shape index (κ1) is 23.3. The van der Waals surface area contributed by atoms with Crippen molar-refractivity contribution in [3.05, 3.63) is 68.5 Å². The summed E-state index contributed by atoms with van der Waals surface area (Å²) < 4.78 is 23.3. The van der Waals surface area contributed by atoms with Crippen LogP contribution in [0.3, 0.4) is 0 Å². The van der Waals surface area contributed by atoms with Crippen LogP contribution in [0.4, 0.5) is 4.79 Å². The summed E-state index contributed by atoms with van der Waals surface area (Å²) in [4.78, 5) is 38.3. The van der Waals surface area contributed by atoms with E-state index in [-0.39, 0.29) is 28.5 Å². The number of hydrogen-bond acceptors (Lipinski definition) is 6. The Morgan fingerprint density at radius 2 is 1.90 bits per heavy atom. The molecule has 11 heteroatoms. The molecular weight excluding hydrogens is 483 g/mol. The van der Waals surface area contributed by atoms with E-state index in [9.17, 15) is 22.8 Å². The minimum atomic E-state index is -3.45. The standard InChI is InChI=1S/C20H16Cl2N2O5S2/c1-31(28,29)15-4-2-3-13(9-15)18(25)23-7-8-24-19(26)17(30-20(24)27)10-12-5-6-14(21)11-16(12)22/h2-6,9-11H,7-8H2,1H3,(H,23,25)/b17-10-. The molecule has 1 saturated heterocycles. The van der Waals surface area contributed by atoms with Crippen LogP contribution in [0.1, 0.15) is 15.9 Å². The molecule has 1 heterocycles. The summed E-state index contributed by atoms with van der Waals surface area (Å²) in [5.74, 6) is -1.00. The maximum absolute atomic E-state index is 12.6. The molecule has 1 aliphatic rings. The first-order valence-electron chi connectivity index (χ1n) is 8.85. The van der Waals surface area contributed by atoms with Crippen molar-refractivity contribution in [3.8, 4) is 0 Å². The fraction of sp³-hybridized carbons (Fsp3) is 0.150.